The lowest BCUT2D eigenvalue weighted by molar-refractivity contribution is -0.121. The predicted molar refractivity (Wildman–Crippen MR) is 85.2 cm³/mol. The van der Waals surface area contributed by atoms with Gasteiger partial charge in [0.15, 0.2) is 6.61 Å². The maximum Gasteiger partial charge on any atom is 0.328 e. The number of imide groups is 1. The number of hydrogen-bond donors (Lipinski definition) is 2. The summed E-state index contributed by atoms with van der Waals surface area (Å²) in [5.74, 6) is 0.130. The summed E-state index contributed by atoms with van der Waals surface area (Å²) in [6.45, 7) is 1.27. The normalized spacial score (nSPS) is 9.96. The van der Waals surface area contributed by atoms with Crippen molar-refractivity contribution in [3.8, 4) is 11.8 Å². The Balaban J connectivity index is 1.84. The highest BCUT2D eigenvalue weighted by atomic mass is 35.5. The Bertz CT molecular complexity index is 738. The number of anilines is 1. The van der Waals surface area contributed by atoms with Gasteiger partial charge in [-0.05, 0) is 31.2 Å². The number of carbonyl (C=O) groups excluding carboxylic acids is 2. The minimum Gasteiger partial charge on any atom is -0.484 e. The number of aromatic nitrogens is 3. The van der Waals surface area contributed by atoms with Crippen LogP contribution in [0.2, 0.25) is 5.02 Å². The SMILES string of the molecule is COc1nc(C)nc(NC(=O)NC(=O)COc2ccc(Cl)cc2)n1. The molecule has 2 rings (SSSR count). The monoisotopic (exact) mass is 351 g/mol. The molecule has 3 amide bonds. The minimum atomic E-state index is -0.799. The number of urea groups is 1. The first-order valence-electron chi connectivity index (χ1n) is 6.72. The molecule has 24 heavy (non-hydrogen) atoms. The summed E-state index contributed by atoms with van der Waals surface area (Å²) in [5.41, 5.74) is 0. The number of benzene rings is 1. The molecule has 0 saturated carbocycles. The van der Waals surface area contributed by atoms with E-state index in [1.807, 2.05) is 0 Å². The summed E-state index contributed by atoms with van der Waals surface area (Å²) in [7, 11) is 1.39. The number of methoxy groups -OCH3 is 1. The number of hydrogen-bond acceptors (Lipinski definition) is 7. The molecule has 1 aromatic carbocycles. The quantitative estimate of drug-likeness (QED) is 0.839. The highest BCUT2D eigenvalue weighted by Crippen LogP contribution is 2.15. The van der Waals surface area contributed by atoms with E-state index in [1.54, 1.807) is 31.2 Å². The number of rotatable bonds is 5. The lowest BCUT2D eigenvalue weighted by atomic mass is 10.3. The lowest BCUT2D eigenvalue weighted by Crippen LogP contribution is -2.37. The van der Waals surface area contributed by atoms with Crippen molar-refractivity contribution in [3.63, 3.8) is 0 Å². The minimum absolute atomic E-state index is 0.0386. The zero-order valence-electron chi connectivity index (χ0n) is 12.9. The van der Waals surface area contributed by atoms with Crippen molar-refractivity contribution in [2.45, 2.75) is 6.92 Å². The van der Waals surface area contributed by atoms with Gasteiger partial charge in [-0.3, -0.25) is 15.4 Å². The van der Waals surface area contributed by atoms with Gasteiger partial charge in [0.1, 0.15) is 11.6 Å². The molecule has 1 heterocycles. The number of carbonyl (C=O) groups is 2. The molecular weight excluding hydrogens is 338 g/mol. The summed E-state index contributed by atoms with van der Waals surface area (Å²) in [5, 5.41) is 4.94. The Hall–Kier alpha value is -2.94. The van der Waals surface area contributed by atoms with Crippen LogP contribution in [0.25, 0.3) is 0 Å². The third-order valence-corrected chi connectivity index (χ3v) is 2.82. The van der Waals surface area contributed by atoms with Gasteiger partial charge in [-0.1, -0.05) is 11.6 Å². The maximum atomic E-state index is 11.7. The van der Waals surface area contributed by atoms with Crippen LogP contribution < -0.4 is 20.1 Å². The van der Waals surface area contributed by atoms with Crippen molar-refractivity contribution in [1.82, 2.24) is 20.3 Å². The van der Waals surface area contributed by atoms with Gasteiger partial charge in [0.2, 0.25) is 5.95 Å². The van der Waals surface area contributed by atoms with E-state index in [0.29, 0.717) is 16.6 Å². The van der Waals surface area contributed by atoms with Crippen molar-refractivity contribution in [2.24, 2.45) is 0 Å². The third-order valence-electron chi connectivity index (χ3n) is 2.57. The highest BCUT2D eigenvalue weighted by molar-refractivity contribution is 6.30. The second-order valence-corrected chi connectivity index (χ2v) is 4.87. The van der Waals surface area contributed by atoms with Crippen molar-refractivity contribution in [1.29, 1.82) is 0 Å². The van der Waals surface area contributed by atoms with E-state index in [0.717, 1.165) is 0 Å². The van der Waals surface area contributed by atoms with Gasteiger partial charge in [0, 0.05) is 5.02 Å². The average Bonchev–Trinajstić information content (AvgIpc) is 2.53. The van der Waals surface area contributed by atoms with E-state index < -0.39 is 11.9 Å². The molecule has 0 fully saturated rings. The van der Waals surface area contributed by atoms with Crippen LogP contribution in [0.3, 0.4) is 0 Å². The smallest absolute Gasteiger partial charge is 0.328 e. The number of aryl methyl sites for hydroxylation is 1. The summed E-state index contributed by atoms with van der Waals surface area (Å²) in [6.07, 6.45) is 0. The van der Waals surface area contributed by atoms with Crippen molar-refractivity contribution >= 4 is 29.5 Å². The number of amides is 3. The number of nitrogens with zero attached hydrogens (tertiary/aromatic N) is 3. The fourth-order valence-corrected chi connectivity index (χ4v) is 1.71. The Morgan fingerprint density at radius 2 is 1.88 bits per heavy atom. The fourth-order valence-electron chi connectivity index (χ4n) is 1.58. The van der Waals surface area contributed by atoms with E-state index in [-0.39, 0.29) is 18.6 Å². The van der Waals surface area contributed by atoms with E-state index in [1.165, 1.54) is 7.11 Å². The molecule has 9 nitrogen and oxygen atoms in total. The Labute approximate surface area is 142 Å². The third kappa shape index (κ3) is 5.36. The molecule has 0 bridgehead atoms. The molecule has 0 atom stereocenters. The van der Waals surface area contributed by atoms with Crippen LogP contribution in [0.5, 0.6) is 11.8 Å². The molecule has 0 radical (unpaired) electrons. The van der Waals surface area contributed by atoms with Crippen molar-refractivity contribution in [2.75, 3.05) is 19.0 Å². The van der Waals surface area contributed by atoms with Gasteiger partial charge in [-0.2, -0.15) is 15.0 Å². The van der Waals surface area contributed by atoms with Gasteiger partial charge in [-0.15, -0.1) is 0 Å². The molecule has 0 aliphatic heterocycles. The molecule has 0 aliphatic rings. The topological polar surface area (TPSA) is 115 Å². The Morgan fingerprint density at radius 3 is 2.54 bits per heavy atom. The molecule has 10 heteroatoms. The summed E-state index contributed by atoms with van der Waals surface area (Å²) < 4.78 is 10.1. The first-order valence-corrected chi connectivity index (χ1v) is 7.10. The Morgan fingerprint density at radius 1 is 1.17 bits per heavy atom. The first-order chi connectivity index (χ1) is 11.5. The van der Waals surface area contributed by atoms with Crippen LogP contribution >= 0.6 is 11.6 Å². The van der Waals surface area contributed by atoms with Crippen LogP contribution in [0, 0.1) is 6.92 Å². The fraction of sp³-hybridized carbons (Fsp3) is 0.214. The van der Waals surface area contributed by atoms with Crippen LogP contribution in [0.4, 0.5) is 10.7 Å². The molecule has 126 valence electrons. The largest absolute Gasteiger partial charge is 0.484 e. The maximum absolute atomic E-state index is 11.7. The van der Waals surface area contributed by atoms with Gasteiger partial charge in [0.05, 0.1) is 7.11 Å². The molecule has 2 aromatic rings. The van der Waals surface area contributed by atoms with E-state index in [2.05, 4.69) is 25.6 Å². The van der Waals surface area contributed by atoms with Crippen LogP contribution in [0.1, 0.15) is 5.82 Å². The van der Waals surface area contributed by atoms with Gasteiger partial charge >= 0.3 is 12.0 Å². The summed E-state index contributed by atoms with van der Waals surface area (Å²) >= 11 is 5.74. The molecule has 0 spiro atoms. The van der Waals surface area contributed by atoms with Gasteiger partial charge < -0.3 is 9.47 Å². The second-order valence-electron chi connectivity index (χ2n) is 4.44. The van der Waals surface area contributed by atoms with Crippen LogP contribution in [0.15, 0.2) is 24.3 Å². The number of halogens is 1. The van der Waals surface area contributed by atoms with Gasteiger partial charge in [-0.25, -0.2) is 4.79 Å². The summed E-state index contributed by atoms with van der Waals surface area (Å²) in [6, 6.07) is 5.71. The Kier molecular flexibility index (Phi) is 5.85. The lowest BCUT2D eigenvalue weighted by Gasteiger charge is -2.08. The molecule has 0 unspecified atom stereocenters. The van der Waals surface area contributed by atoms with E-state index in [9.17, 15) is 9.59 Å². The summed E-state index contributed by atoms with van der Waals surface area (Å²) in [4.78, 5) is 35.0. The van der Waals surface area contributed by atoms with Crippen molar-refractivity contribution < 1.29 is 19.1 Å². The average molecular weight is 352 g/mol. The van der Waals surface area contributed by atoms with Gasteiger partial charge in [0.25, 0.3) is 5.91 Å². The second kappa shape index (κ2) is 8.06. The van der Waals surface area contributed by atoms with E-state index >= 15 is 0 Å². The molecule has 0 saturated heterocycles. The van der Waals surface area contributed by atoms with Crippen LogP contribution in [-0.2, 0) is 4.79 Å². The molecular formula is C14H14ClN5O4. The number of nitrogens with one attached hydrogen (secondary N) is 2. The predicted octanol–water partition coefficient (Wildman–Crippen LogP) is 1.57. The van der Waals surface area contributed by atoms with Crippen molar-refractivity contribution in [3.05, 3.63) is 35.1 Å². The first kappa shape index (κ1) is 17.4. The standard InChI is InChI=1S/C14H14ClN5O4/c1-8-16-12(20-14(17-8)23-2)19-13(22)18-11(21)7-24-10-5-3-9(15)4-6-10/h3-6H,7H2,1-2H3,(H2,16,17,18,19,20,21,22). The van der Waals surface area contributed by atoms with Crippen LogP contribution in [-0.4, -0.2) is 40.6 Å². The zero-order valence-corrected chi connectivity index (χ0v) is 13.6. The molecule has 0 aliphatic carbocycles. The van der Waals surface area contributed by atoms with E-state index in [4.69, 9.17) is 21.1 Å². The molecule has 1 aromatic heterocycles. The number of ether oxygens (including phenoxy) is 2. The zero-order chi connectivity index (χ0) is 17.5. The highest BCUT2D eigenvalue weighted by Gasteiger charge is 2.11. The molecule has 2 N–H and O–H groups in total.